The Morgan fingerprint density at radius 3 is 2.11 bits per heavy atom. The fourth-order valence-corrected chi connectivity index (χ4v) is 3.07. The fourth-order valence-electron chi connectivity index (χ4n) is 3.07. The molecule has 18 heavy (non-hydrogen) atoms. The molecule has 104 valence electrons. The minimum absolute atomic E-state index is 0.0959. The van der Waals surface area contributed by atoms with Crippen LogP contribution in [0.25, 0.3) is 0 Å². The van der Waals surface area contributed by atoms with Crippen molar-refractivity contribution < 1.29 is 9.18 Å². The van der Waals surface area contributed by atoms with E-state index in [0.717, 1.165) is 51.9 Å². The van der Waals surface area contributed by atoms with Gasteiger partial charge in [-0.3, -0.25) is 9.69 Å². The molecule has 3 nitrogen and oxygen atoms in total. The van der Waals surface area contributed by atoms with Gasteiger partial charge in [-0.25, -0.2) is 4.39 Å². The van der Waals surface area contributed by atoms with Crippen LogP contribution in [0.3, 0.4) is 0 Å². The van der Waals surface area contributed by atoms with Gasteiger partial charge in [0, 0.05) is 38.1 Å². The van der Waals surface area contributed by atoms with E-state index in [0.29, 0.717) is 6.04 Å². The van der Waals surface area contributed by atoms with Gasteiger partial charge in [-0.1, -0.05) is 13.8 Å². The Morgan fingerprint density at radius 1 is 1.06 bits per heavy atom. The predicted molar refractivity (Wildman–Crippen MR) is 70.1 cm³/mol. The van der Waals surface area contributed by atoms with Crippen molar-refractivity contribution in [3.05, 3.63) is 0 Å². The summed E-state index contributed by atoms with van der Waals surface area (Å²) >= 11 is 0. The van der Waals surface area contributed by atoms with E-state index in [1.54, 1.807) is 0 Å². The molecule has 1 aliphatic heterocycles. The van der Waals surface area contributed by atoms with Crippen LogP contribution in [0.2, 0.25) is 0 Å². The van der Waals surface area contributed by atoms with Crippen LogP contribution in [-0.4, -0.2) is 54.1 Å². The molecule has 1 saturated heterocycles. The van der Waals surface area contributed by atoms with Crippen LogP contribution in [0.5, 0.6) is 0 Å². The fraction of sp³-hybridized carbons (Fsp3) is 0.929. The second kappa shape index (κ2) is 6.00. The van der Waals surface area contributed by atoms with Gasteiger partial charge in [0.2, 0.25) is 5.91 Å². The molecule has 4 heteroatoms. The molecule has 2 fully saturated rings. The van der Waals surface area contributed by atoms with Gasteiger partial charge in [0.1, 0.15) is 6.17 Å². The summed E-state index contributed by atoms with van der Waals surface area (Å²) in [5.74, 6) is 0.362. The van der Waals surface area contributed by atoms with Crippen LogP contribution in [0.4, 0.5) is 4.39 Å². The van der Waals surface area contributed by atoms with E-state index in [2.05, 4.69) is 4.90 Å². The van der Waals surface area contributed by atoms with E-state index in [9.17, 15) is 9.18 Å². The van der Waals surface area contributed by atoms with Crippen LogP contribution in [0.1, 0.15) is 39.5 Å². The Balaban J connectivity index is 1.78. The lowest BCUT2D eigenvalue weighted by atomic mass is 9.92. The van der Waals surface area contributed by atoms with Crippen molar-refractivity contribution in [2.45, 2.75) is 51.7 Å². The Morgan fingerprint density at radius 2 is 1.61 bits per heavy atom. The molecule has 1 saturated carbocycles. The highest BCUT2D eigenvalue weighted by atomic mass is 19.1. The molecule has 0 N–H and O–H groups in total. The number of halogens is 1. The molecule has 1 amide bonds. The van der Waals surface area contributed by atoms with Crippen molar-refractivity contribution in [1.82, 2.24) is 9.80 Å². The largest absolute Gasteiger partial charge is 0.340 e. The molecule has 0 bridgehead atoms. The summed E-state index contributed by atoms with van der Waals surface area (Å²) in [5.41, 5.74) is 0. The van der Waals surface area contributed by atoms with Crippen molar-refractivity contribution in [3.8, 4) is 0 Å². The van der Waals surface area contributed by atoms with Gasteiger partial charge in [-0.05, 0) is 25.7 Å². The first kappa shape index (κ1) is 13.8. The molecule has 1 aliphatic carbocycles. The number of hydrogen-bond donors (Lipinski definition) is 0. The maximum Gasteiger partial charge on any atom is 0.225 e. The highest BCUT2D eigenvalue weighted by molar-refractivity contribution is 5.78. The maximum absolute atomic E-state index is 13.1. The van der Waals surface area contributed by atoms with Gasteiger partial charge >= 0.3 is 0 Å². The number of carbonyl (C=O) groups is 1. The standard InChI is InChI=1S/C14H25FN2O/c1-11(2)14(18)17-9-7-16(8-10-17)13-5-3-12(15)4-6-13/h11-13H,3-10H2,1-2H3. The zero-order valence-electron chi connectivity index (χ0n) is 11.6. The Kier molecular flexibility index (Phi) is 4.60. The second-order valence-corrected chi connectivity index (χ2v) is 5.92. The van der Waals surface area contributed by atoms with Gasteiger partial charge in [0.25, 0.3) is 0 Å². The number of amides is 1. The first-order valence-electron chi connectivity index (χ1n) is 7.25. The number of carbonyl (C=O) groups excluding carboxylic acids is 1. The first-order valence-corrected chi connectivity index (χ1v) is 7.25. The minimum Gasteiger partial charge on any atom is -0.340 e. The number of rotatable bonds is 2. The average molecular weight is 256 g/mol. The molecule has 1 heterocycles. The van der Waals surface area contributed by atoms with Crippen LogP contribution in [0.15, 0.2) is 0 Å². The molecule has 0 radical (unpaired) electrons. The molecule has 0 aromatic rings. The van der Waals surface area contributed by atoms with Gasteiger partial charge in [-0.2, -0.15) is 0 Å². The summed E-state index contributed by atoms with van der Waals surface area (Å²) < 4.78 is 13.1. The highest BCUT2D eigenvalue weighted by Crippen LogP contribution is 2.25. The SMILES string of the molecule is CC(C)C(=O)N1CCN(C2CCC(F)CC2)CC1. The normalized spacial score (nSPS) is 30.8. The van der Waals surface area contributed by atoms with Crippen molar-refractivity contribution in [2.24, 2.45) is 5.92 Å². The summed E-state index contributed by atoms with van der Waals surface area (Å²) in [6.45, 7) is 7.51. The van der Waals surface area contributed by atoms with E-state index in [-0.39, 0.29) is 11.8 Å². The number of hydrogen-bond acceptors (Lipinski definition) is 2. The predicted octanol–water partition coefficient (Wildman–Crippen LogP) is 2.07. The van der Waals surface area contributed by atoms with Crippen LogP contribution < -0.4 is 0 Å². The van der Waals surface area contributed by atoms with Gasteiger partial charge in [-0.15, -0.1) is 0 Å². The topological polar surface area (TPSA) is 23.6 Å². The monoisotopic (exact) mass is 256 g/mol. The average Bonchev–Trinajstić information content (AvgIpc) is 2.39. The molecular formula is C14H25FN2O. The van der Waals surface area contributed by atoms with Crippen molar-refractivity contribution >= 4 is 5.91 Å². The zero-order valence-corrected chi connectivity index (χ0v) is 11.6. The first-order chi connectivity index (χ1) is 8.58. The number of nitrogens with zero attached hydrogens (tertiary/aromatic N) is 2. The molecule has 0 spiro atoms. The minimum atomic E-state index is -0.579. The zero-order chi connectivity index (χ0) is 13.1. The molecule has 2 rings (SSSR count). The summed E-state index contributed by atoms with van der Waals surface area (Å²) in [5, 5.41) is 0. The van der Waals surface area contributed by atoms with Gasteiger partial charge in [0.15, 0.2) is 0 Å². The molecule has 0 atom stereocenters. The summed E-state index contributed by atoms with van der Waals surface area (Å²) in [4.78, 5) is 16.3. The Bertz CT molecular complexity index is 280. The van der Waals surface area contributed by atoms with E-state index >= 15 is 0 Å². The van der Waals surface area contributed by atoms with Crippen molar-refractivity contribution in [3.63, 3.8) is 0 Å². The van der Waals surface area contributed by atoms with Crippen molar-refractivity contribution in [1.29, 1.82) is 0 Å². The summed E-state index contributed by atoms with van der Waals surface area (Å²) in [6, 6.07) is 0.549. The molecule has 2 aliphatic rings. The Hall–Kier alpha value is -0.640. The van der Waals surface area contributed by atoms with Gasteiger partial charge in [0.05, 0.1) is 0 Å². The smallest absolute Gasteiger partial charge is 0.225 e. The Labute approximate surface area is 109 Å². The van der Waals surface area contributed by atoms with Crippen LogP contribution in [-0.2, 0) is 4.79 Å². The third-order valence-corrected chi connectivity index (χ3v) is 4.26. The lowest BCUT2D eigenvalue weighted by Crippen LogP contribution is -2.53. The van der Waals surface area contributed by atoms with E-state index in [4.69, 9.17) is 0 Å². The second-order valence-electron chi connectivity index (χ2n) is 5.92. The highest BCUT2D eigenvalue weighted by Gasteiger charge is 2.29. The molecule has 0 aromatic carbocycles. The quantitative estimate of drug-likeness (QED) is 0.755. The van der Waals surface area contributed by atoms with E-state index in [1.807, 2.05) is 18.7 Å². The number of piperazine rings is 1. The third-order valence-electron chi connectivity index (χ3n) is 4.26. The van der Waals surface area contributed by atoms with Crippen molar-refractivity contribution in [2.75, 3.05) is 26.2 Å². The maximum atomic E-state index is 13.1. The van der Waals surface area contributed by atoms with Crippen LogP contribution in [0, 0.1) is 5.92 Å². The van der Waals surface area contributed by atoms with E-state index < -0.39 is 6.17 Å². The third kappa shape index (κ3) is 3.22. The summed E-state index contributed by atoms with van der Waals surface area (Å²) in [6.07, 6.45) is 2.83. The lowest BCUT2D eigenvalue weighted by molar-refractivity contribution is -0.136. The molecule has 0 unspecified atom stereocenters. The molecular weight excluding hydrogens is 231 g/mol. The lowest BCUT2D eigenvalue weighted by Gasteiger charge is -2.41. The van der Waals surface area contributed by atoms with E-state index in [1.165, 1.54) is 0 Å². The number of alkyl halides is 1. The molecule has 0 aromatic heterocycles. The van der Waals surface area contributed by atoms with Crippen LogP contribution >= 0.6 is 0 Å². The summed E-state index contributed by atoms with van der Waals surface area (Å²) in [7, 11) is 0. The van der Waals surface area contributed by atoms with Gasteiger partial charge < -0.3 is 4.90 Å².